The minimum absolute atomic E-state index is 0.0321. The summed E-state index contributed by atoms with van der Waals surface area (Å²) in [7, 11) is 0. The topological polar surface area (TPSA) is 66.4 Å². The second-order valence-electron chi connectivity index (χ2n) is 5.60. The van der Waals surface area contributed by atoms with Gasteiger partial charge in [-0.3, -0.25) is 4.79 Å². The highest BCUT2D eigenvalue weighted by Gasteiger charge is 2.19. The first-order valence-electron chi connectivity index (χ1n) is 7.76. The molecule has 3 aromatic rings. The molecule has 0 saturated heterocycles. The number of anilines is 1. The number of carboxylic acids is 1. The monoisotopic (exact) mass is 403 g/mol. The molecule has 0 aliphatic heterocycles. The molecule has 0 aliphatic rings. The maximum absolute atomic E-state index is 14.0. The number of amides is 1. The number of hydrogen-bond acceptors (Lipinski definition) is 2. The smallest absolute Gasteiger partial charge is 0.336 e. The predicted molar refractivity (Wildman–Crippen MR) is 103 cm³/mol. The molecule has 0 atom stereocenters. The molecule has 0 bridgehead atoms. The van der Waals surface area contributed by atoms with E-state index in [9.17, 15) is 19.1 Å². The summed E-state index contributed by atoms with van der Waals surface area (Å²) < 4.78 is 14.0. The third-order valence-electron chi connectivity index (χ3n) is 3.87. The second kappa shape index (κ2) is 7.78. The van der Waals surface area contributed by atoms with Crippen LogP contribution in [-0.2, 0) is 0 Å². The number of aromatic carboxylic acids is 1. The number of nitrogens with one attached hydrogen (secondary N) is 1. The van der Waals surface area contributed by atoms with Crippen LogP contribution < -0.4 is 5.32 Å². The third kappa shape index (κ3) is 3.94. The maximum Gasteiger partial charge on any atom is 0.336 e. The Balaban J connectivity index is 1.96. The van der Waals surface area contributed by atoms with Crippen molar-refractivity contribution < 1.29 is 19.1 Å². The van der Waals surface area contributed by atoms with Gasteiger partial charge in [0.1, 0.15) is 5.82 Å². The Morgan fingerprint density at radius 3 is 2.04 bits per heavy atom. The molecule has 0 unspecified atom stereocenters. The van der Waals surface area contributed by atoms with E-state index in [0.29, 0.717) is 11.1 Å². The van der Waals surface area contributed by atoms with Crippen molar-refractivity contribution in [3.63, 3.8) is 0 Å². The Bertz CT molecular complexity index is 1030. The first-order valence-corrected chi connectivity index (χ1v) is 8.51. The number of halogens is 3. The van der Waals surface area contributed by atoms with Gasteiger partial charge >= 0.3 is 5.97 Å². The standard InChI is InChI=1S/C20H12Cl2FNO3/c21-15-9-11(12-5-3-4-8-17(12)23)10-16(22)18(15)24-19(25)13-6-1-2-7-14(13)20(26)27/h1-10H,(H,24,25)(H,26,27). The summed E-state index contributed by atoms with van der Waals surface area (Å²) in [5, 5.41) is 11.9. The Hall–Kier alpha value is -2.89. The molecule has 3 aromatic carbocycles. The van der Waals surface area contributed by atoms with E-state index in [2.05, 4.69) is 5.32 Å². The number of carbonyl (C=O) groups is 2. The van der Waals surface area contributed by atoms with Gasteiger partial charge in [-0.2, -0.15) is 0 Å². The van der Waals surface area contributed by atoms with Crippen molar-refractivity contribution in [2.75, 3.05) is 5.32 Å². The quantitative estimate of drug-likeness (QED) is 0.582. The van der Waals surface area contributed by atoms with E-state index in [1.54, 1.807) is 24.3 Å². The lowest BCUT2D eigenvalue weighted by Crippen LogP contribution is -2.16. The van der Waals surface area contributed by atoms with Gasteiger partial charge in [-0.25, -0.2) is 9.18 Å². The Morgan fingerprint density at radius 2 is 1.44 bits per heavy atom. The highest BCUT2D eigenvalue weighted by Crippen LogP contribution is 2.36. The van der Waals surface area contributed by atoms with Gasteiger partial charge in [-0.1, -0.05) is 53.5 Å². The van der Waals surface area contributed by atoms with Crippen LogP contribution in [0.3, 0.4) is 0 Å². The SMILES string of the molecule is O=C(O)c1ccccc1C(=O)Nc1c(Cl)cc(-c2ccccc2F)cc1Cl. The minimum Gasteiger partial charge on any atom is -0.478 e. The highest BCUT2D eigenvalue weighted by atomic mass is 35.5. The fourth-order valence-corrected chi connectivity index (χ4v) is 3.17. The molecule has 7 heteroatoms. The number of carbonyl (C=O) groups excluding carboxylic acids is 1. The Kier molecular flexibility index (Phi) is 5.44. The molecule has 4 nitrogen and oxygen atoms in total. The fraction of sp³-hybridized carbons (Fsp3) is 0. The average molecular weight is 404 g/mol. The Labute approximate surface area is 164 Å². The summed E-state index contributed by atoms with van der Waals surface area (Å²) in [4.78, 5) is 23.8. The maximum atomic E-state index is 14.0. The van der Waals surface area contributed by atoms with Crippen LogP contribution in [0.4, 0.5) is 10.1 Å². The zero-order valence-electron chi connectivity index (χ0n) is 13.7. The van der Waals surface area contributed by atoms with Gasteiger partial charge in [-0.15, -0.1) is 0 Å². The molecule has 2 N–H and O–H groups in total. The van der Waals surface area contributed by atoms with Crippen LogP contribution in [0.5, 0.6) is 0 Å². The number of carboxylic acid groups (broad SMARTS) is 1. The van der Waals surface area contributed by atoms with Crippen molar-refractivity contribution in [1.82, 2.24) is 0 Å². The van der Waals surface area contributed by atoms with Crippen molar-refractivity contribution >= 4 is 40.8 Å². The highest BCUT2D eigenvalue weighted by molar-refractivity contribution is 6.40. The van der Waals surface area contributed by atoms with Crippen molar-refractivity contribution in [2.45, 2.75) is 0 Å². The summed E-state index contributed by atoms with van der Waals surface area (Å²) in [5.74, 6) is -2.33. The number of rotatable bonds is 4. The lowest BCUT2D eigenvalue weighted by Gasteiger charge is -2.13. The van der Waals surface area contributed by atoms with E-state index in [1.165, 1.54) is 36.4 Å². The molecule has 0 spiro atoms. The van der Waals surface area contributed by atoms with Crippen molar-refractivity contribution in [3.05, 3.63) is 87.7 Å². The van der Waals surface area contributed by atoms with Crippen molar-refractivity contribution in [3.8, 4) is 11.1 Å². The van der Waals surface area contributed by atoms with E-state index in [-0.39, 0.29) is 26.9 Å². The summed E-state index contributed by atoms with van der Waals surface area (Å²) >= 11 is 12.5. The minimum atomic E-state index is -1.23. The molecule has 27 heavy (non-hydrogen) atoms. The molecule has 0 fully saturated rings. The molecule has 0 saturated carbocycles. The van der Waals surface area contributed by atoms with Gasteiger partial charge in [0.2, 0.25) is 0 Å². The van der Waals surface area contributed by atoms with Crippen LogP contribution in [0, 0.1) is 5.82 Å². The van der Waals surface area contributed by atoms with Gasteiger partial charge in [0.15, 0.2) is 0 Å². The molecule has 0 radical (unpaired) electrons. The molecule has 1 amide bonds. The first-order chi connectivity index (χ1) is 12.9. The van der Waals surface area contributed by atoms with Crippen LogP contribution in [0.15, 0.2) is 60.7 Å². The van der Waals surface area contributed by atoms with Crippen LogP contribution in [-0.4, -0.2) is 17.0 Å². The molecular formula is C20H12Cl2FNO3. The molecule has 136 valence electrons. The fourth-order valence-electron chi connectivity index (χ4n) is 2.59. The zero-order valence-corrected chi connectivity index (χ0v) is 15.2. The molecule has 0 aromatic heterocycles. The van der Waals surface area contributed by atoms with Gasteiger partial charge in [0, 0.05) is 5.56 Å². The van der Waals surface area contributed by atoms with Crippen molar-refractivity contribution in [1.29, 1.82) is 0 Å². The lowest BCUT2D eigenvalue weighted by atomic mass is 10.0. The molecule has 0 heterocycles. The van der Waals surface area contributed by atoms with Gasteiger partial charge in [0.25, 0.3) is 5.91 Å². The normalized spacial score (nSPS) is 10.5. The van der Waals surface area contributed by atoms with Gasteiger partial charge < -0.3 is 10.4 Å². The van der Waals surface area contributed by atoms with E-state index in [4.69, 9.17) is 23.2 Å². The molecular weight excluding hydrogens is 392 g/mol. The first kappa shape index (κ1) is 18.9. The predicted octanol–water partition coefficient (Wildman–Crippen LogP) is 5.75. The largest absolute Gasteiger partial charge is 0.478 e. The summed E-state index contributed by atoms with van der Waals surface area (Å²) in [6.07, 6.45) is 0. The van der Waals surface area contributed by atoms with Crippen molar-refractivity contribution in [2.24, 2.45) is 0 Å². The average Bonchev–Trinajstić information content (AvgIpc) is 2.64. The van der Waals surface area contributed by atoms with Gasteiger partial charge in [-0.05, 0) is 35.9 Å². The number of benzene rings is 3. The van der Waals surface area contributed by atoms with E-state index >= 15 is 0 Å². The second-order valence-corrected chi connectivity index (χ2v) is 6.41. The van der Waals surface area contributed by atoms with Crippen LogP contribution in [0.25, 0.3) is 11.1 Å². The molecule has 0 aliphatic carbocycles. The number of hydrogen-bond donors (Lipinski definition) is 2. The third-order valence-corrected chi connectivity index (χ3v) is 4.46. The van der Waals surface area contributed by atoms with Crippen LogP contribution >= 0.6 is 23.2 Å². The van der Waals surface area contributed by atoms with Gasteiger partial charge in [0.05, 0.1) is 26.9 Å². The lowest BCUT2D eigenvalue weighted by molar-refractivity contribution is 0.0692. The zero-order chi connectivity index (χ0) is 19.6. The molecule has 3 rings (SSSR count). The summed E-state index contributed by atoms with van der Waals surface area (Å²) in [5.41, 5.74) is 0.701. The van der Waals surface area contributed by atoms with Crippen LogP contribution in [0.1, 0.15) is 20.7 Å². The Morgan fingerprint density at radius 1 is 0.889 bits per heavy atom. The van der Waals surface area contributed by atoms with E-state index in [0.717, 1.165) is 0 Å². The van der Waals surface area contributed by atoms with E-state index < -0.39 is 17.7 Å². The summed E-state index contributed by atoms with van der Waals surface area (Å²) in [6.45, 7) is 0. The van der Waals surface area contributed by atoms with Crippen LogP contribution in [0.2, 0.25) is 10.0 Å². The van der Waals surface area contributed by atoms with E-state index in [1.807, 2.05) is 0 Å². The summed E-state index contributed by atoms with van der Waals surface area (Å²) in [6, 6.07) is 14.9.